The monoisotopic (exact) mass is 264 g/mol. The molecule has 4 nitrogen and oxygen atoms in total. The minimum atomic E-state index is 0.713. The fourth-order valence-corrected chi connectivity index (χ4v) is 2.37. The standard InChI is InChI=1S/C16H16N4/c1-11-6-7-15(12(2)8-11)16-10-18-19-20(16)14-5-3-4-13(17)9-14/h3-10H,17H2,1-2H3. The van der Waals surface area contributed by atoms with Crippen LogP contribution >= 0.6 is 0 Å². The number of hydrogen-bond acceptors (Lipinski definition) is 3. The summed E-state index contributed by atoms with van der Waals surface area (Å²) in [6, 6.07) is 14.0. The van der Waals surface area contributed by atoms with E-state index in [-0.39, 0.29) is 0 Å². The molecule has 1 aromatic heterocycles. The number of nitrogen functional groups attached to an aromatic ring is 1. The number of aryl methyl sites for hydroxylation is 2. The highest BCUT2D eigenvalue weighted by atomic mass is 15.4. The maximum atomic E-state index is 5.84. The van der Waals surface area contributed by atoms with Crippen LogP contribution in [0.15, 0.2) is 48.7 Å². The van der Waals surface area contributed by atoms with Gasteiger partial charge in [-0.3, -0.25) is 0 Å². The summed E-state index contributed by atoms with van der Waals surface area (Å²) < 4.78 is 1.81. The van der Waals surface area contributed by atoms with Gasteiger partial charge in [-0.15, -0.1) is 5.10 Å². The van der Waals surface area contributed by atoms with E-state index in [4.69, 9.17) is 5.73 Å². The molecule has 0 aliphatic carbocycles. The molecule has 0 aliphatic heterocycles. The van der Waals surface area contributed by atoms with Crippen LogP contribution in [0.2, 0.25) is 0 Å². The van der Waals surface area contributed by atoms with E-state index in [2.05, 4.69) is 42.4 Å². The first-order valence-electron chi connectivity index (χ1n) is 6.49. The van der Waals surface area contributed by atoms with Gasteiger partial charge in [-0.05, 0) is 37.6 Å². The molecule has 0 aliphatic rings. The number of hydrogen-bond donors (Lipinski definition) is 1. The van der Waals surface area contributed by atoms with Crippen LogP contribution < -0.4 is 5.73 Å². The van der Waals surface area contributed by atoms with Crippen LogP contribution in [-0.4, -0.2) is 15.0 Å². The van der Waals surface area contributed by atoms with Crippen molar-refractivity contribution in [3.8, 4) is 16.9 Å². The van der Waals surface area contributed by atoms with Crippen LogP contribution in [-0.2, 0) is 0 Å². The van der Waals surface area contributed by atoms with Crippen molar-refractivity contribution < 1.29 is 0 Å². The Morgan fingerprint density at radius 1 is 1.05 bits per heavy atom. The van der Waals surface area contributed by atoms with Crippen LogP contribution in [0.4, 0.5) is 5.69 Å². The molecule has 100 valence electrons. The van der Waals surface area contributed by atoms with Crippen molar-refractivity contribution >= 4 is 5.69 Å². The predicted molar refractivity (Wildman–Crippen MR) is 80.7 cm³/mol. The van der Waals surface area contributed by atoms with Gasteiger partial charge in [0, 0.05) is 11.3 Å². The second kappa shape index (κ2) is 4.81. The molecule has 0 radical (unpaired) electrons. The second-order valence-corrected chi connectivity index (χ2v) is 4.94. The summed E-state index contributed by atoms with van der Waals surface area (Å²) in [4.78, 5) is 0. The summed E-state index contributed by atoms with van der Waals surface area (Å²) in [5.74, 6) is 0. The van der Waals surface area contributed by atoms with Gasteiger partial charge < -0.3 is 5.73 Å². The van der Waals surface area contributed by atoms with Gasteiger partial charge in [0.15, 0.2) is 0 Å². The number of nitrogens with zero attached hydrogens (tertiary/aromatic N) is 3. The van der Waals surface area contributed by atoms with Crippen LogP contribution in [0.5, 0.6) is 0 Å². The lowest BCUT2D eigenvalue weighted by molar-refractivity contribution is 0.808. The summed E-state index contributed by atoms with van der Waals surface area (Å²) in [6.07, 6.45) is 1.78. The maximum absolute atomic E-state index is 5.84. The van der Waals surface area contributed by atoms with E-state index in [0.717, 1.165) is 16.9 Å². The molecule has 0 fully saturated rings. The molecular weight excluding hydrogens is 248 g/mol. The van der Waals surface area contributed by atoms with Crippen molar-refractivity contribution in [2.75, 3.05) is 5.73 Å². The minimum absolute atomic E-state index is 0.713. The third kappa shape index (κ3) is 2.16. The third-order valence-electron chi connectivity index (χ3n) is 3.32. The quantitative estimate of drug-likeness (QED) is 0.723. The fourth-order valence-electron chi connectivity index (χ4n) is 2.37. The van der Waals surface area contributed by atoms with Gasteiger partial charge in [-0.2, -0.15) is 0 Å². The summed E-state index contributed by atoms with van der Waals surface area (Å²) in [7, 11) is 0. The lowest BCUT2D eigenvalue weighted by atomic mass is 10.0. The topological polar surface area (TPSA) is 56.7 Å². The molecule has 0 saturated heterocycles. The summed E-state index contributed by atoms with van der Waals surface area (Å²) >= 11 is 0. The zero-order valence-corrected chi connectivity index (χ0v) is 11.5. The molecule has 0 unspecified atom stereocenters. The van der Waals surface area contributed by atoms with Crippen LogP contribution in [0, 0.1) is 13.8 Å². The highest BCUT2D eigenvalue weighted by molar-refractivity contribution is 5.66. The summed E-state index contributed by atoms with van der Waals surface area (Å²) in [5, 5.41) is 8.22. The molecule has 0 spiro atoms. The number of aromatic nitrogens is 3. The van der Waals surface area contributed by atoms with E-state index in [1.807, 2.05) is 28.9 Å². The molecule has 20 heavy (non-hydrogen) atoms. The van der Waals surface area contributed by atoms with Gasteiger partial charge >= 0.3 is 0 Å². The largest absolute Gasteiger partial charge is 0.399 e. The van der Waals surface area contributed by atoms with Crippen molar-refractivity contribution in [2.45, 2.75) is 13.8 Å². The van der Waals surface area contributed by atoms with E-state index >= 15 is 0 Å². The van der Waals surface area contributed by atoms with E-state index in [1.54, 1.807) is 6.20 Å². The lowest BCUT2D eigenvalue weighted by Crippen LogP contribution is -2.01. The molecule has 0 bridgehead atoms. The van der Waals surface area contributed by atoms with E-state index in [9.17, 15) is 0 Å². The Bertz CT molecular complexity index is 759. The second-order valence-electron chi connectivity index (χ2n) is 4.94. The van der Waals surface area contributed by atoms with Crippen LogP contribution in [0.3, 0.4) is 0 Å². The molecule has 2 N–H and O–H groups in total. The van der Waals surface area contributed by atoms with E-state index < -0.39 is 0 Å². The molecule has 1 heterocycles. The van der Waals surface area contributed by atoms with Gasteiger partial charge in [-0.1, -0.05) is 35.0 Å². The van der Waals surface area contributed by atoms with Gasteiger partial charge in [0.25, 0.3) is 0 Å². The Morgan fingerprint density at radius 2 is 1.90 bits per heavy atom. The molecule has 0 saturated carbocycles. The minimum Gasteiger partial charge on any atom is -0.399 e. The van der Waals surface area contributed by atoms with Crippen molar-refractivity contribution in [3.05, 3.63) is 59.8 Å². The number of benzene rings is 2. The Hall–Kier alpha value is -2.62. The first-order chi connectivity index (χ1) is 9.65. The average Bonchev–Trinajstić information content (AvgIpc) is 2.87. The van der Waals surface area contributed by atoms with Crippen molar-refractivity contribution in [3.63, 3.8) is 0 Å². The fraction of sp³-hybridized carbons (Fsp3) is 0.125. The first-order valence-corrected chi connectivity index (χ1v) is 6.49. The highest BCUT2D eigenvalue weighted by Gasteiger charge is 2.11. The first kappa shape index (κ1) is 12.4. The Labute approximate surface area is 117 Å². The highest BCUT2D eigenvalue weighted by Crippen LogP contribution is 2.26. The number of nitrogens with two attached hydrogens (primary N) is 1. The Kier molecular flexibility index (Phi) is 2.99. The SMILES string of the molecule is Cc1ccc(-c2cnnn2-c2cccc(N)c2)c(C)c1. The summed E-state index contributed by atoms with van der Waals surface area (Å²) in [5.41, 5.74) is 12.0. The molecule has 2 aromatic carbocycles. The van der Waals surface area contributed by atoms with Crippen LogP contribution in [0.25, 0.3) is 16.9 Å². The molecule has 3 aromatic rings. The van der Waals surface area contributed by atoms with Crippen molar-refractivity contribution in [2.24, 2.45) is 0 Å². The molecule has 3 rings (SSSR count). The number of rotatable bonds is 2. The van der Waals surface area contributed by atoms with E-state index in [0.29, 0.717) is 5.69 Å². The zero-order chi connectivity index (χ0) is 14.1. The zero-order valence-electron chi connectivity index (χ0n) is 11.5. The Morgan fingerprint density at radius 3 is 2.65 bits per heavy atom. The smallest absolute Gasteiger partial charge is 0.0946 e. The van der Waals surface area contributed by atoms with Gasteiger partial charge in [0.2, 0.25) is 0 Å². The molecule has 4 heteroatoms. The van der Waals surface area contributed by atoms with Crippen molar-refractivity contribution in [1.29, 1.82) is 0 Å². The number of anilines is 1. The molecule has 0 amide bonds. The molecular formula is C16H16N4. The molecule has 0 atom stereocenters. The lowest BCUT2D eigenvalue weighted by Gasteiger charge is -2.09. The van der Waals surface area contributed by atoms with E-state index in [1.165, 1.54) is 11.1 Å². The maximum Gasteiger partial charge on any atom is 0.0946 e. The van der Waals surface area contributed by atoms with Gasteiger partial charge in [0.1, 0.15) is 0 Å². The van der Waals surface area contributed by atoms with Gasteiger partial charge in [-0.25, -0.2) is 4.68 Å². The van der Waals surface area contributed by atoms with Crippen molar-refractivity contribution in [1.82, 2.24) is 15.0 Å². The summed E-state index contributed by atoms with van der Waals surface area (Å²) in [6.45, 7) is 4.18. The van der Waals surface area contributed by atoms with Gasteiger partial charge in [0.05, 0.1) is 17.6 Å². The normalized spacial score (nSPS) is 10.7. The third-order valence-corrected chi connectivity index (χ3v) is 3.32. The average molecular weight is 264 g/mol. The Balaban J connectivity index is 2.15. The predicted octanol–water partition coefficient (Wildman–Crippen LogP) is 3.13. The van der Waals surface area contributed by atoms with Crippen LogP contribution in [0.1, 0.15) is 11.1 Å².